The van der Waals surface area contributed by atoms with E-state index in [0.717, 1.165) is 5.00 Å². The van der Waals surface area contributed by atoms with Crippen LogP contribution in [0, 0.1) is 0 Å². The number of hydrogen-bond donors (Lipinski definition) is 1. The van der Waals surface area contributed by atoms with E-state index in [1.54, 1.807) is 6.92 Å². The second-order valence-corrected chi connectivity index (χ2v) is 6.29. The Morgan fingerprint density at radius 2 is 2.35 bits per heavy atom. The van der Waals surface area contributed by atoms with Crippen LogP contribution in [0.5, 0.6) is 0 Å². The summed E-state index contributed by atoms with van der Waals surface area (Å²) in [6, 6.07) is 0. The number of carbonyl (C=O) groups excluding carboxylic acids is 1. The topological polar surface area (TPSA) is 77.7 Å². The van der Waals surface area contributed by atoms with Gasteiger partial charge in [0, 0.05) is 13.1 Å². The second-order valence-electron chi connectivity index (χ2n) is 5.54. The van der Waals surface area contributed by atoms with Crippen molar-refractivity contribution in [3.63, 3.8) is 0 Å². The highest BCUT2D eigenvalue weighted by Gasteiger charge is 2.35. The van der Waals surface area contributed by atoms with Gasteiger partial charge in [0.25, 0.3) is 0 Å². The van der Waals surface area contributed by atoms with Crippen LogP contribution in [0.3, 0.4) is 0 Å². The van der Waals surface area contributed by atoms with E-state index in [-0.39, 0.29) is 17.5 Å². The fourth-order valence-corrected chi connectivity index (χ4v) is 3.32. The molecule has 7 heteroatoms. The molecule has 20 heavy (non-hydrogen) atoms. The Balaban J connectivity index is 2.31. The maximum atomic E-state index is 12.0. The van der Waals surface area contributed by atoms with Gasteiger partial charge in [-0.25, -0.2) is 4.79 Å². The lowest BCUT2D eigenvalue weighted by Gasteiger charge is -2.42. The maximum absolute atomic E-state index is 12.0. The molecule has 1 unspecified atom stereocenters. The molecule has 1 aromatic rings. The van der Waals surface area contributed by atoms with E-state index in [1.807, 2.05) is 20.8 Å². The Kier molecular flexibility index (Phi) is 4.19. The van der Waals surface area contributed by atoms with Crippen molar-refractivity contribution >= 4 is 28.3 Å². The number of anilines is 2. The number of hydrogen-bond acceptors (Lipinski definition) is 7. The van der Waals surface area contributed by atoms with Crippen molar-refractivity contribution in [1.29, 1.82) is 0 Å². The van der Waals surface area contributed by atoms with Crippen molar-refractivity contribution in [2.75, 3.05) is 30.3 Å². The minimum Gasteiger partial charge on any atom is -0.462 e. The zero-order valence-corrected chi connectivity index (χ0v) is 13.1. The van der Waals surface area contributed by atoms with E-state index in [0.29, 0.717) is 25.3 Å². The van der Waals surface area contributed by atoms with Gasteiger partial charge in [0.2, 0.25) is 0 Å². The first-order valence-electron chi connectivity index (χ1n) is 6.69. The lowest BCUT2D eigenvalue weighted by Crippen LogP contribution is -2.52. The molecule has 1 aliphatic rings. The minimum atomic E-state index is -0.411. The average molecular weight is 299 g/mol. The van der Waals surface area contributed by atoms with Gasteiger partial charge in [0.05, 0.1) is 18.3 Å². The van der Waals surface area contributed by atoms with Crippen molar-refractivity contribution in [3.8, 4) is 0 Å². The van der Waals surface area contributed by atoms with Crippen molar-refractivity contribution in [2.45, 2.75) is 39.4 Å². The summed E-state index contributed by atoms with van der Waals surface area (Å²) in [6.07, 6.45) is 0.0807. The van der Waals surface area contributed by atoms with Crippen LogP contribution in [0.2, 0.25) is 0 Å². The monoisotopic (exact) mass is 299 g/mol. The zero-order chi connectivity index (χ0) is 14.9. The van der Waals surface area contributed by atoms with Gasteiger partial charge in [0.1, 0.15) is 10.6 Å². The lowest BCUT2D eigenvalue weighted by molar-refractivity contribution is -0.0748. The predicted octanol–water partition coefficient (Wildman–Crippen LogP) is 1.91. The second kappa shape index (κ2) is 5.57. The summed E-state index contributed by atoms with van der Waals surface area (Å²) in [4.78, 5) is 14.1. The van der Waals surface area contributed by atoms with Crippen LogP contribution in [-0.2, 0) is 9.47 Å². The highest BCUT2D eigenvalue weighted by molar-refractivity contribution is 7.11. The number of carbonyl (C=O) groups is 1. The van der Waals surface area contributed by atoms with Gasteiger partial charge < -0.3 is 20.1 Å². The van der Waals surface area contributed by atoms with Crippen LogP contribution >= 0.6 is 11.5 Å². The molecule has 0 aromatic carbocycles. The molecule has 1 fully saturated rings. The summed E-state index contributed by atoms with van der Waals surface area (Å²) in [5.74, 6) is -0.175. The third kappa shape index (κ3) is 3.04. The largest absolute Gasteiger partial charge is 0.462 e. The number of esters is 1. The number of ether oxygens (including phenoxy) is 2. The van der Waals surface area contributed by atoms with Gasteiger partial charge in [-0.1, -0.05) is 0 Å². The van der Waals surface area contributed by atoms with E-state index in [1.165, 1.54) is 11.5 Å². The van der Waals surface area contributed by atoms with Crippen molar-refractivity contribution < 1.29 is 14.3 Å². The third-order valence-electron chi connectivity index (χ3n) is 3.04. The molecule has 2 N–H and O–H groups in total. The maximum Gasteiger partial charge on any atom is 0.345 e. The SMILES string of the molecule is CCOC(=O)c1c(N)nsc1N1CC(C)OC(C)(C)C1. The summed E-state index contributed by atoms with van der Waals surface area (Å²) in [7, 11) is 0. The number of morpholine rings is 1. The van der Waals surface area contributed by atoms with Crippen LogP contribution in [0.15, 0.2) is 0 Å². The van der Waals surface area contributed by atoms with Gasteiger partial charge in [-0.15, -0.1) is 0 Å². The summed E-state index contributed by atoms with van der Waals surface area (Å²) in [5.41, 5.74) is 5.92. The molecule has 0 bridgehead atoms. The van der Waals surface area contributed by atoms with Gasteiger partial charge in [-0.2, -0.15) is 4.37 Å². The van der Waals surface area contributed by atoms with Crippen molar-refractivity contribution in [2.24, 2.45) is 0 Å². The summed E-state index contributed by atoms with van der Waals surface area (Å²) < 4.78 is 15.0. The molecule has 1 aromatic heterocycles. The standard InChI is InChI=1S/C13H21N3O3S/c1-5-18-12(17)9-10(14)15-20-11(9)16-6-8(2)19-13(3,4)7-16/h8H,5-7H2,1-4H3,(H2,14,15). The van der Waals surface area contributed by atoms with E-state index >= 15 is 0 Å². The fraction of sp³-hybridized carbons (Fsp3) is 0.692. The first-order valence-corrected chi connectivity index (χ1v) is 7.46. The first kappa shape index (κ1) is 15.1. The van der Waals surface area contributed by atoms with Gasteiger partial charge >= 0.3 is 5.97 Å². The molecule has 0 aliphatic carbocycles. The first-order chi connectivity index (χ1) is 9.34. The van der Waals surface area contributed by atoms with Crippen LogP contribution < -0.4 is 10.6 Å². The predicted molar refractivity (Wildman–Crippen MR) is 79.3 cm³/mol. The number of aromatic nitrogens is 1. The molecule has 0 spiro atoms. The van der Waals surface area contributed by atoms with Crippen LogP contribution in [0.1, 0.15) is 38.1 Å². The summed E-state index contributed by atoms with van der Waals surface area (Å²) in [5, 5.41) is 0.768. The molecule has 1 aliphatic heterocycles. The van der Waals surface area contributed by atoms with Gasteiger partial charge in [0.15, 0.2) is 5.82 Å². The van der Waals surface area contributed by atoms with Gasteiger partial charge in [-0.3, -0.25) is 0 Å². The number of rotatable bonds is 3. The van der Waals surface area contributed by atoms with Crippen molar-refractivity contribution in [1.82, 2.24) is 4.37 Å². The zero-order valence-electron chi connectivity index (χ0n) is 12.3. The minimum absolute atomic E-state index is 0.0807. The molecule has 2 heterocycles. The molecule has 2 rings (SSSR count). The van der Waals surface area contributed by atoms with E-state index in [9.17, 15) is 4.79 Å². The number of nitrogens with zero attached hydrogens (tertiary/aromatic N) is 2. The molecular weight excluding hydrogens is 278 g/mol. The highest BCUT2D eigenvalue weighted by atomic mass is 32.1. The summed E-state index contributed by atoms with van der Waals surface area (Å²) >= 11 is 1.23. The van der Waals surface area contributed by atoms with Crippen LogP contribution in [0.4, 0.5) is 10.8 Å². The molecule has 0 radical (unpaired) electrons. The normalized spacial score (nSPS) is 21.8. The van der Waals surface area contributed by atoms with Crippen LogP contribution in [0.25, 0.3) is 0 Å². The molecule has 1 saturated heterocycles. The van der Waals surface area contributed by atoms with Gasteiger partial charge in [-0.05, 0) is 39.2 Å². The third-order valence-corrected chi connectivity index (χ3v) is 3.96. The fourth-order valence-electron chi connectivity index (χ4n) is 2.51. The van der Waals surface area contributed by atoms with E-state index < -0.39 is 5.97 Å². The van der Waals surface area contributed by atoms with E-state index in [2.05, 4.69) is 9.27 Å². The van der Waals surface area contributed by atoms with Crippen LogP contribution in [-0.4, -0.2) is 41.7 Å². The average Bonchev–Trinajstić information content (AvgIpc) is 2.68. The Bertz CT molecular complexity index is 501. The Labute approximate surface area is 123 Å². The Morgan fingerprint density at radius 3 is 2.95 bits per heavy atom. The molecule has 6 nitrogen and oxygen atoms in total. The number of nitrogens with two attached hydrogens (primary N) is 1. The Morgan fingerprint density at radius 1 is 1.65 bits per heavy atom. The number of nitrogen functional groups attached to an aromatic ring is 1. The Hall–Kier alpha value is -1.34. The lowest BCUT2D eigenvalue weighted by atomic mass is 10.1. The quantitative estimate of drug-likeness (QED) is 0.859. The molecule has 112 valence electrons. The molecule has 0 saturated carbocycles. The summed E-state index contributed by atoms with van der Waals surface area (Å²) in [6.45, 7) is 9.56. The molecular formula is C13H21N3O3S. The van der Waals surface area contributed by atoms with Crippen molar-refractivity contribution in [3.05, 3.63) is 5.56 Å². The molecule has 0 amide bonds. The smallest absolute Gasteiger partial charge is 0.345 e. The highest BCUT2D eigenvalue weighted by Crippen LogP contribution is 2.35. The van der Waals surface area contributed by atoms with E-state index in [4.69, 9.17) is 15.2 Å². The molecule has 1 atom stereocenters.